The lowest BCUT2D eigenvalue weighted by Gasteiger charge is -2.44. The van der Waals surface area contributed by atoms with Crippen LogP contribution >= 0.6 is 23.4 Å². The lowest BCUT2D eigenvalue weighted by Crippen LogP contribution is -2.65. The average molecular weight is 423 g/mol. The fraction of sp³-hybridized carbons (Fsp3) is 0.833. The number of allylic oxidation sites excluding steroid dienone is 1. The molecule has 2 rings (SSSR count). The van der Waals surface area contributed by atoms with Crippen LogP contribution in [0, 0.1) is 5.92 Å². The number of hydrogen-bond donors (Lipinski definition) is 4. The van der Waals surface area contributed by atoms with Gasteiger partial charge in [0.15, 0.2) is 0 Å². The highest BCUT2D eigenvalue weighted by Gasteiger charge is 2.48. The SMILES string of the molecule is C/C=C/[C@@H]1C[C@@H](C(=O)N[C@@H](C2OC(SC)C(O)C(O)C2O)[C@H](C)Cl)N(C)C1. The molecule has 0 radical (unpaired) electrons. The summed E-state index contributed by atoms with van der Waals surface area (Å²) < 4.78 is 5.78. The van der Waals surface area contributed by atoms with Crippen molar-refractivity contribution in [2.75, 3.05) is 19.8 Å². The van der Waals surface area contributed by atoms with Crippen LogP contribution < -0.4 is 5.32 Å². The smallest absolute Gasteiger partial charge is 0.237 e. The maximum absolute atomic E-state index is 12.9. The summed E-state index contributed by atoms with van der Waals surface area (Å²) in [4.78, 5) is 14.9. The summed E-state index contributed by atoms with van der Waals surface area (Å²) in [5.41, 5.74) is -0.712. The van der Waals surface area contributed by atoms with Crippen LogP contribution in [0.1, 0.15) is 20.3 Å². The van der Waals surface area contributed by atoms with E-state index in [4.69, 9.17) is 16.3 Å². The molecule has 0 aromatic heterocycles. The summed E-state index contributed by atoms with van der Waals surface area (Å²) in [5, 5.41) is 33.0. The van der Waals surface area contributed by atoms with Gasteiger partial charge in [0.25, 0.3) is 0 Å². The molecule has 2 saturated heterocycles. The third kappa shape index (κ3) is 5.18. The Kier molecular flexibility index (Phi) is 8.42. The molecule has 0 aliphatic carbocycles. The molecular weight excluding hydrogens is 392 g/mol. The topological polar surface area (TPSA) is 102 Å². The van der Waals surface area contributed by atoms with Gasteiger partial charge in [0, 0.05) is 6.54 Å². The van der Waals surface area contributed by atoms with Gasteiger partial charge >= 0.3 is 0 Å². The molecule has 9 atom stereocenters. The number of carbonyl (C=O) groups is 1. The molecule has 2 heterocycles. The second-order valence-electron chi connectivity index (χ2n) is 7.37. The van der Waals surface area contributed by atoms with E-state index in [1.165, 1.54) is 11.8 Å². The number of aliphatic hydroxyl groups excluding tert-OH is 3. The lowest BCUT2D eigenvalue weighted by molar-refractivity contribution is -0.205. The molecule has 2 aliphatic heterocycles. The van der Waals surface area contributed by atoms with E-state index in [9.17, 15) is 20.1 Å². The van der Waals surface area contributed by atoms with Crippen molar-refractivity contribution in [2.45, 2.75) is 67.6 Å². The zero-order chi connectivity index (χ0) is 20.3. The number of carbonyl (C=O) groups excluding carboxylic acids is 1. The Bertz CT molecular complexity index is 536. The highest BCUT2D eigenvalue weighted by atomic mass is 35.5. The Morgan fingerprint density at radius 3 is 2.56 bits per heavy atom. The number of likely N-dealkylation sites (tertiary alicyclic amines) is 1. The molecule has 156 valence electrons. The molecule has 0 bridgehead atoms. The van der Waals surface area contributed by atoms with Crippen molar-refractivity contribution in [2.24, 2.45) is 5.92 Å². The molecule has 2 fully saturated rings. The number of rotatable bonds is 6. The van der Waals surface area contributed by atoms with Gasteiger partial charge in [0.2, 0.25) is 5.91 Å². The predicted molar refractivity (Wildman–Crippen MR) is 107 cm³/mol. The van der Waals surface area contributed by atoms with Gasteiger partial charge in [0.05, 0.1) is 17.5 Å². The average Bonchev–Trinajstić information content (AvgIpc) is 2.99. The summed E-state index contributed by atoms with van der Waals surface area (Å²) in [7, 11) is 1.91. The zero-order valence-electron chi connectivity index (χ0n) is 16.2. The fourth-order valence-corrected chi connectivity index (χ4v) is 4.73. The Hall–Kier alpha value is -0.350. The standard InChI is InChI=1S/C18H31ClN2O5S/c1-5-6-10-7-11(21(3)8-10)17(25)20-12(9(2)19)16-14(23)13(22)15(24)18(26-16)27-4/h5-6,9-16,18,22-24H,7-8H2,1-4H3,(H,20,25)/b6-5+/t9-,10+,11-,12+,13?,14?,15?,16?,18?/m0/s1. The van der Waals surface area contributed by atoms with Crippen molar-refractivity contribution in [1.29, 1.82) is 0 Å². The van der Waals surface area contributed by atoms with Crippen LogP contribution in [0.25, 0.3) is 0 Å². The molecule has 0 spiro atoms. The molecule has 1 amide bonds. The first-order valence-electron chi connectivity index (χ1n) is 9.21. The van der Waals surface area contributed by atoms with Crippen LogP contribution in [-0.4, -0.2) is 93.3 Å². The number of thioether (sulfide) groups is 1. The first kappa shape index (κ1) is 22.9. The van der Waals surface area contributed by atoms with Gasteiger partial charge in [-0.1, -0.05) is 12.2 Å². The number of hydrogen-bond acceptors (Lipinski definition) is 7. The Morgan fingerprint density at radius 1 is 1.33 bits per heavy atom. The molecular formula is C18H31ClN2O5S. The highest BCUT2D eigenvalue weighted by Crippen LogP contribution is 2.30. The summed E-state index contributed by atoms with van der Waals surface area (Å²) in [6, 6.07) is -1.00. The molecule has 4 N–H and O–H groups in total. The second-order valence-corrected chi connectivity index (χ2v) is 8.99. The molecule has 27 heavy (non-hydrogen) atoms. The van der Waals surface area contributed by atoms with Crippen LogP contribution in [0.3, 0.4) is 0 Å². The predicted octanol–water partition coefficient (Wildman–Crippen LogP) is 0.166. The maximum atomic E-state index is 12.9. The second kappa shape index (κ2) is 9.91. The number of amides is 1. The van der Waals surface area contributed by atoms with Crippen molar-refractivity contribution < 1.29 is 24.9 Å². The Morgan fingerprint density at radius 2 is 2.00 bits per heavy atom. The maximum Gasteiger partial charge on any atom is 0.237 e. The summed E-state index contributed by atoms with van der Waals surface area (Å²) in [6.45, 7) is 4.46. The summed E-state index contributed by atoms with van der Waals surface area (Å²) >= 11 is 7.53. The third-order valence-corrected chi connectivity index (χ3v) is 6.47. The van der Waals surface area contributed by atoms with Gasteiger partial charge in [0.1, 0.15) is 29.9 Å². The van der Waals surface area contributed by atoms with E-state index in [-0.39, 0.29) is 11.9 Å². The summed E-state index contributed by atoms with van der Waals surface area (Å²) in [6.07, 6.45) is 1.67. The van der Waals surface area contributed by atoms with E-state index in [0.717, 1.165) is 6.54 Å². The Balaban J connectivity index is 2.12. The molecule has 5 unspecified atom stereocenters. The van der Waals surface area contributed by atoms with E-state index < -0.39 is 41.3 Å². The van der Waals surface area contributed by atoms with Gasteiger partial charge in [-0.2, -0.15) is 0 Å². The Labute approximate surface area is 170 Å². The van der Waals surface area contributed by atoms with Crippen molar-refractivity contribution in [1.82, 2.24) is 10.2 Å². The van der Waals surface area contributed by atoms with E-state index in [0.29, 0.717) is 12.3 Å². The number of halogens is 1. The number of nitrogens with one attached hydrogen (secondary N) is 1. The number of likely N-dealkylation sites (N-methyl/N-ethyl adjacent to an activating group) is 1. The number of ether oxygens (including phenoxy) is 1. The van der Waals surface area contributed by atoms with Crippen molar-refractivity contribution in [3.63, 3.8) is 0 Å². The van der Waals surface area contributed by atoms with Crippen LogP contribution in [0.2, 0.25) is 0 Å². The number of aliphatic hydroxyl groups is 3. The zero-order valence-corrected chi connectivity index (χ0v) is 17.7. The van der Waals surface area contributed by atoms with E-state index in [1.807, 2.05) is 24.9 Å². The lowest BCUT2D eigenvalue weighted by atomic mass is 9.93. The van der Waals surface area contributed by atoms with Crippen molar-refractivity contribution >= 4 is 29.3 Å². The quantitative estimate of drug-likeness (QED) is 0.357. The molecule has 7 nitrogen and oxygen atoms in total. The first-order valence-corrected chi connectivity index (χ1v) is 10.9. The molecule has 2 aliphatic rings. The van der Waals surface area contributed by atoms with Crippen LogP contribution in [0.15, 0.2) is 12.2 Å². The highest BCUT2D eigenvalue weighted by molar-refractivity contribution is 7.99. The minimum atomic E-state index is -1.37. The largest absolute Gasteiger partial charge is 0.388 e. The normalized spacial score (nSPS) is 40.2. The van der Waals surface area contributed by atoms with Gasteiger partial charge in [-0.25, -0.2) is 0 Å². The minimum absolute atomic E-state index is 0.181. The van der Waals surface area contributed by atoms with Gasteiger partial charge < -0.3 is 25.4 Å². The first-order chi connectivity index (χ1) is 12.7. The fourth-order valence-electron chi connectivity index (χ4n) is 3.84. The third-order valence-electron chi connectivity index (χ3n) is 5.34. The molecule has 0 aromatic rings. The monoisotopic (exact) mass is 422 g/mol. The van der Waals surface area contributed by atoms with E-state index >= 15 is 0 Å². The van der Waals surface area contributed by atoms with Crippen molar-refractivity contribution in [3.05, 3.63) is 12.2 Å². The van der Waals surface area contributed by atoms with Gasteiger partial charge in [-0.15, -0.1) is 23.4 Å². The van der Waals surface area contributed by atoms with Crippen LogP contribution in [0.4, 0.5) is 0 Å². The van der Waals surface area contributed by atoms with Gasteiger partial charge in [-0.05, 0) is 39.5 Å². The minimum Gasteiger partial charge on any atom is -0.388 e. The molecule has 0 aromatic carbocycles. The number of nitrogens with zero attached hydrogens (tertiary/aromatic N) is 1. The number of alkyl halides is 1. The molecule has 0 saturated carbocycles. The van der Waals surface area contributed by atoms with E-state index in [1.54, 1.807) is 13.2 Å². The van der Waals surface area contributed by atoms with Gasteiger partial charge in [-0.3, -0.25) is 9.69 Å². The molecule has 9 heteroatoms. The van der Waals surface area contributed by atoms with Crippen LogP contribution in [-0.2, 0) is 9.53 Å². The van der Waals surface area contributed by atoms with Crippen LogP contribution in [0.5, 0.6) is 0 Å². The van der Waals surface area contributed by atoms with E-state index in [2.05, 4.69) is 11.4 Å². The van der Waals surface area contributed by atoms with Crippen molar-refractivity contribution in [3.8, 4) is 0 Å². The summed E-state index contributed by atoms with van der Waals surface area (Å²) in [5.74, 6) is 0.135.